The molecule has 1 saturated heterocycles. The van der Waals surface area contributed by atoms with Crippen molar-refractivity contribution in [2.24, 2.45) is 0 Å². The standard InChI is InChI=1S/C55H80N6O10Si.CH4O/c1-13-56-45-33-48-44(31-38(45)4)50(43-30-36(2)37(3)32-47(43)70-48)41-18-14-15-19-42(41)52(62)60(10)22-25-68-54(64)58-21-17-24-66-27-29-67-28-26-65-23-16-20-57-51-39(5)35-61(53(63)59-51)49-34-46(40(6)69-49)71-72(11,12)55(7,8)9;1-2/h14-15,18-19,30-33,35,40,46,49,51,57H,13,16-17,20-29,34H2,1-12H3,(H,58,64)(H,59,63);2H,1H3/p+1/i6D;2T. The molecule has 0 radical (unpaired) electrons. The lowest BCUT2D eigenvalue weighted by molar-refractivity contribution is -0.496. The summed E-state index contributed by atoms with van der Waals surface area (Å²) in [5, 5.41) is 14.6. The topological polar surface area (TPSA) is 196 Å². The van der Waals surface area contributed by atoms with Crippen LogP contribution in [0.25, 0.3) is 33.4 Å². The summed E-state index contributed by atoms with van der Waals surface area (Å²) >= 11 is 0. The highest BCUT2D eigenvalue weighted by atomic mass is 28.4. The Morgan fingerprint density at radius 3 is 2.30 bits per heavy atom. The van der Waals surface area contributed by atoms with E-state index in [2.05, 4.69) is 106 Å². The average molecular weight is 1050 g/mol. The molecule has 408 valence electrons. The molecule has 1 fully saturated rings. The molecule has 0 bridgehead atoms. The lowest BCUT2D eigenvalue weighted by atomic mass is 9.88. The number of nitrogens with zero attached hydrogens (tertiary/aromatic N) is 2. The van der Waals surface area contributed by atoms with Gasteiger partial charge in [0.2, 0.25) is 6.79 Å². The molecule has 4 amide bonds. The number of fused-ring (bicyclic) bond motifs is 2. The first kappa shape index (κ1) is 56.5. The van der Waals surface area contributed by atoms with E-state index in [-0.39, 0.29) is 55.4 Å². The van der Waals surface area contributed by atoms with Gasteiger partial charge in [0, 0.05) is 75.5 Å². The van der Waals surface area contributed by atoms with Crippen LogP contribution >= 0.6 is 0 Å². The van der Waals surface area contributed by atoms with Gasteiger partial charge in [0.05, 0.1) is 51.2 Å². The van der Waals surface area contributed by atoms with Gasteiger partial charge in [-0.2, -0.15) is 0 Å². The van der Waals surface area contributed by atoms with Gasteiger partial charge in [0.25, 0.3) is 5.91 Å². The molecule has 5 N–H and O–H groups in total. The number of aliphatic hydroxyl groups excluding tert-OH is 1. The summed E-state index contributed by atoms with van der Waals surface area (Å²) in [7, 11) is 0.931. The maximum absolute atomic E-state index is 14.1. The van der Waals surface area contributed by atoms with E-state index in [1.54, 1.807) is 16.8 Å². The Morgan fingerprint density at radius 2 is 1.62 bits per heavy atom. The highest BCUT2D eigenvalue weighted by Gasteiger charge is 2.45. The van der Waals surface area contributed by atoms with Gasteiger partial charge in [0.1, 0.15) is 36.9 Å². The highest BCUT2D eigenvalue weighted by molar-refractivity contribution is 6.74. The predicted molar refractivity (Wildman–Crippen MR) is 290 cm³/mol. The number of likely N-dealkylation sites (N-methyl/N-ethyl adjacent to an activating group) is 1. The maximum Gasteiger partial charge on any atom is 0.407 e. The first-order valence-electron chi connectivity index (χ1n) is 27.0. The average Bonchev–Trinajstić information content (AvgIpc) is 3.77. The van der Waals surface area contributed by atoms with Crippen LogP contribution in [-0.2, 0) is 28.1 Å². The van der Waals surface area contributed by atoms with E-state index < -0.39 is 20.6 Å². The third-order valence-electron chi connectivity index (χ3n) is 13.8. The van der Waals surface area contributed by atoms with Gasteiger partial charge in [-0.1, -0.05) is 39.0 Å². The zero-order chi connectivity index (χ0) is 55.6. The second-order valence-corrected chi connectivity index (χ2v) is 25.1. The molecule has 4 aliphatic rings. The molecule has 4 unspecified atom stereocenters. The van der Waals surface area contributed by atoms with Gasteiger partial charge < -0.3 is 53.2 Å². The number of carbonyl (C=O) groups is 3. The van der Waals surface area contributed by atoms with Crippen molar-refractivity contribution < 1.29 is 58.4 Å². The van der Waals surface area contributed by atoms with Crippen LogP contribution in [-0.4, -0.2) is 154 Å². The summed E-state index contributed by atoms with van der Waals surface area (Å²) in [5.41, 5.74) is 8.23. The third-order valence-corrected chi connectivity index (χ3v) is 18.3. The van der Waals surface area contributed by atoms with Crippen LogP contribution in [0.3, 0.4) is 0 Å². The molecule has 74 heavy (non-hydrogen) atoms. The number of aryl methyl sites for hydroxylation is 3. The van der Waals surface area contributed by atoms with E-state index in [0.717, 1.165) is 74.0 Å². The van der Waals surface area contributed by atoms with Crippen LogP contribution in [0.1, 0.15) is 89.2 Å². The van der Waals surface area contributed by atoms with Gasteiger partial charge in [-0.3, -0.25) is 15.0 Å². The number of hydrogen-bond donors (Lipinski definition) is 5. The number of benzene rings is 3. The van der Waals surface area contributed by atoms with E-state index in [0.29, 0.717) is 71.1 Å². The summed E-state index contributed by atoms with van der Waals surface area (Å²) in [4.78, 5) is 46.3. The molecule has 18 heteroatoms. The van der Waals surface area contributed by atoms with Crippen LogP contribution in [0, 0.1) is 20.8 Å². The smallest absolute Gasteiger partial charge is 0.407 e. The fourth-order valence-corrected chi connectivity index (χ4v) is 9.82. The van der Waals surface area contributed by atoms with Crippen molar-refractivity contribution in [2.45, 2.75) is 124 Å². The largest absolute Gasteiger partial charge is 0.456 e. The van der Waals surface area contributed by atoms with Crippen molar-refractivity contribution in [3.05, 3.63) is 87.9 Å². The van der Waals surface area contributed by atoms with Crippen molar-refractivity contribution >= 4 is 37.3 Å². The van der Waals surface area contributed by atoms with Crippen LogP contribution in [0.5, 0.6) is 0 Å². The zero-order valence-corrected chi connectivity index (χ0v) is 47.0. The number of alkyl carbamates (subject to hydrolysis) is 1. The van der Waals surface area contributed by atoms with Crippen LogP contribution in [0.2, 0.25) is 18.1 Å². The number of nitrogens with one attached hydrogen (secondary N) is 4. The Morgan fingerprint density at radius 1 is 0.959 bits per heavy atom. The van der Waals surface area contributed by atoms with Crippen molar-refractivity contribution in [3.63, 3.8) is 0 Å². The summed E-state index contributed by atoms with van der Waals surface area (Å²) in [6, 6.07) is 15.7. The lowest BCUT2D eigenvalue weighted by Crippen LogP contribution is -2.76. The van der Waals surface area contributed by atoms with E-state index in [9.17, 15) is 14.4 Å². The monoisotopic (exact) mass is 1050 g/mol. The van der Waals surface area contributed by atoms with Gasteiger partial charge in [-0.15, -0.1) is 0 Å². The van der Waals surface area contributed by atoms with Crippen molar-refractivity contribution in [3.8, 4) is 22.5 Å². The van der Waals surface area contributed by atoms with Gasteiger partial charge in [-0.25, -0.2) is 14.6 Å². The second-order valence-electron chi connectivity index (χ2n) is 20.4. The Hall–Kier alpha value is -5.18. The van der Waals surface area contributed by atoms with E-state index >= 15 is 0 Å². The van der Waals surface area contributed by atoms with E-state index in [4.69, 9.17) is 35.3 Å². The first-order chi connectivity index (χ1) is 36.2. The quantitative estimate of drug-likeness (QED) is 0.0282. The minimum absolute atomic E-state index is 0.0316. The summed E-state index contributed by atoms with van der Waals surface area (Å²) in [6.45, 7) is 26.1. The minimum Gasteiger partial charge on any atom is -0.456 e. The third kappa shape index (κ3) is 15.9. The number of carbonyl (C=O) groups excluding carboxylic acids is 3. The number of amides is 4. The summed E-state index contributed by atoms with van der Waals surface area (Å²) < 4.78 is 55.5. The minimum atomic E-state index is -2.07. The number of ether oxygens (including phenoxy) is 5. The Balaban J connectivity index is 0.00000347. The highest BCUT2D eigenvalue weighted by Crippen LogP contribution is 2.43. The molecular weight excluding hydrogens is 961 g/mol. The molecule has 6 rings (SSSR count). The number of aliphatic hydroxyl groups is 1. The first-order valence-corrected chi connectivity index (χ1v) is 28.8. The van der Waals surface area contributed by atoms with Crippen molar-refractivity contribution in [2.75, 3.05) is 86.6 Å². The predicted octanol–water partition coefficient (Wildman–Crippen LogP) is 6.74. The van der Waals surface area contributed by atoms with E-state index in [1.807, 2.05) is 43.5 Å². The van der Waals surface area contributed by atoms with E-state index in [1.165, 1.54) is 7.11 Å². The van der Waals surface area contributed by atoms with Crippen molar-refractivity contribution in [1.29, 1.82) is 1.43 Å². The van der Waals surface area contributed by atoms with Crippen molar-refractivity contribution in [1.82, 2.24) is 25.8 Å². The van der Waals surface area contributed by atoms with Crippen LogP contribution < -0.4 is 26.3 Å². The Labute approximate surface area is 442 Å². The molecule has 4 atom stereocenters. The fraction of sp³-hybridized carbons (Fsp3) is 0.571. The van der Waals surface area contributed by atoms with Gasteiger partial charge in [0.15, 0.2) is 8.32 Å². The normalized spacial score (nSPS) is 18.6. The molecule has 0 saturated carbocycles. The molecule has 3 heterocycles. The Bertz CT molecular complexity index is 2610. The Kier molecular flexibility index (Phi) is 21.5. The maximum atomic E-state index is 14.1. The summed E-state index contributed by atoms with van der Waals surface area (Å²) in [6.07, 6.45) is 1.80. The molecule has 17 nitrogen and oxygen atoms in total. The zero-order valence-electron chi connectivity index (χ0n) is 48.0. The van der Waals surface area contributed by atoms with Crippen LogP contribution in [0.15, 0.2) is 64.7 Å². The number of hydrogen-bond acceptors (Lipinski definition) is 12. The molecule has 3 aliphatic heterocycles. The summed E-state index contributed by atoms with van der Waals surface area (Å²) in [5.74, 6) is 0.545. The van der Waals surface area contributed by atoms with Gasteiger partial charge in [-0.05, 0) is 126 Å². The lowest BCUT2D eigenvalue weighted by Gasteiger charge is -2.39. The van der Waals surface area contributed by atoms with Crippen LogP contribution in [0.4, 0.5) is 9.59 Å². The molecule has 0 aromatic heterocycles. The molecule has 2 aromatic rings. The molecule has 2 aromatic carbocycles. The molecule has 0 spiro atoms. The fourth-order valence-electron chi connectivity index (χ4n) is 8.46. The SMILES string of the molecule is [2H]CC1OC(N2C=C(C)C(NCCCOCCOCCOCCCNC(=O)OCCN(C)C(=O)c3ccccc3-c3c4cc(C)c(=[NH+]CC)cc-4oc4cc(C)c(C)cc34)NC2=O)CC1O[Si](C)(C)C(C)(C)C.[3H]OC. The number of urea groups is 1. The number of rotatable bonds is 24. The molecular formula is C56H85N6O11Si+. The second kappa shape index (κ2) is 28.1. The van der Waals surface area contributed by atoms with Gasteiger partial charge >= 0.3 is 12.1 Å². The molecule has 1 aliphatic carbocycles.